The summed E-state index contributed by atoms with van der Waals surface area (Å²) in [6.45, 7) is 0.815. The van der Waals surface area contributed by atoms with Gasteiger partial charge in [0.2, 0.25) is 5.91 Å². The lowest BCUT2D eigenvalue weighted by atomic mass is 9.70. The summed E-state index contributed by atoms with van der Waals surface area (Å²) >= 11 is 0. The molecule has 198 valence electrons. The van der Waals surface area contributed by atoms with Crippen LogP contribution in [-0.2, 0) is 9.53 Å². The quantitative estimate of drug-likeness (QED) is 0.409. The highest BCUT2D eigenvalue weighted by molar-refractivity contribution is 5.99. The molecule has 6 rings (SSSR count). The summed E-state index contributed by atoms with van der Waals surface area (Å²) < 4.78 is 14.1. The lowest BCUT2D eigenvalue weighted by molar-refractivity contribution is -0.165. The van der Waals surface area contributed by atoms with Crippen LogP contribution in [0.25, 0.3) is 11.1 Å². The van der Waals surface area contributed by atoms with Crippen molar-refractivity contribution < 1.29 is 19.1 Å². The number of amides is 2. The molecule has 2 saturated carbocycles. The minimum atomic E-state index is -0.740. The van der Waals surface area contributed by atoms with Crippen LogP contribution in [0.3, 0.4) is 0 Å². The zero-order valence-corrected chi connectivity index (χ0v) is 21.3. The Bertz CT molecular complexity index is 1380. The Labute approximate surface area is 220 Å². The van der Waals surface area contributed by atoms with E-state index in [0.29, 0.717) is 17.1 Å². The predicted molar refractivity (Wildman–Crippen MR) is 140 cm³/mol. The Morgan fingerprint density at radius 1 is 1.16 bits per heavy atom. The fourth-order valence-corrected chi connectivity index (χ4v) is 5.48. The summed E-state index contributed by atoms with van der Waals surface area (Å²) in [6.07, 6.45) is 11.1. The molecular weight excluding hydrogens is 486 g/mol. The van der Waals surface area contributed by atoms with E-state index in [1.807, 2.05) is 35.3 Å². The summed E-state index contributed by atoms with van der Waals surface area (Å²) in [6, 6.07) is 7.46. The van der Waals surface area contributed by atoms with Gasteiger partial charge in [-0.25, -0.2) is 0 Å². The fourth-order valence-electron chi connectivity index (χ4n) is 5.48. The molecule has 3 heterocycles. The summed E-state index contributed by atoms with van der Waals surface area (Å²) in [5.41, 5.74) is 8.08. The summed E-state index contributed by atoms with van der Waals surface area (Å²) in [4.78, 5) is 24.3. The molecule has 1 spiro atoms. The van der Waals surface area contributed by atoms with Gasteiger partial charge in [-0.1, -0.05) is 12.1 Å². The van der Waals surface area contributed by atoms with E-state index < -0.39 is 5.91 Å². The van der Waals surface area contributed by atoms with Crippen LogP contribution >= 0.6 is 0 Å². The predicted octanol–water partition coefficient (Wildman–Crippen LogP) is 3.81. The monoisotopic (exact) mass is 517 g/mol. The molecular formula is C27H31N7O4. The molecule has 4 N–H and O–H groups in total. The van der Waals surface area contributed by atoms with E-state index in [4.69, 9.17) is 20.3 Å². The van der Waals surface area contributed by atoms with Gasteiger partial charge in [-0.05, 0) is 51.0 Å². The van der Waals surface area contributed by atoms with Crippen molar-refractivity contribution in [3.63, 3.8) is 0 Å². The smallest absolute Gasteiger partial charge is 0.271 e. The number of nitrogens with one attached hydrogen (secondary N) is 2. The second kappa shape index (κ2) is 9.71. The molecule has 0 unspecified atom stereocenters. The highest BCUT2D eigenvalue weighted by atomic mass is 16.5. The van der Waals surface area contributed by atoms with Crippen LogP contribution in [0.5, 0.6) is 5.75 Å². The van der Waals surface area contributed by atoms with Crippen LogP contribution in [0.1, 0.15) is 61.5 Å². The van der Waals surface area contributed by atoms with E-state index in [2.05, 4.69) is 20.8 Å². The molecule has 0 radical (unpaired) electrons. The van der Waals surface area contributed by atoms with Crippen molar-refractivity contribution in [2.45, 2.75) is 56.6 Å². The van der Waals surface area contributed by atoms with Gasteiger partial charge in [0.15, 0.2) is 11.5 Å². The molecule has 1 aromatic carbocycles. The minimum Gasteiger partial charge on any atom is -0.494 e. The number of hydrogen-bond donors (Lipinski definition) is 3. The Morgan fingerprint density at radius 3 is 2.71 bits per heavy atom. The molecule has 0 bridgehead atoms. The maximum absolute atomic E-state index is 12.2. The van der Waals surface area contributed by atoms with Gasteiger partial charge in [0.05, 0.1) is 36.3 Å². The molecule has 11 heteroatoms. The van der Waals surface area contributed by atoms with Gasteiger partial charge in [0.1, 0.15) is 5.75 Å². The second-order valence-electron chi connectivity index (χ2n) is 10.3. The molecule has 3 aliphatic rings. The van der Waals surface area contributed by atoms with Crippen molar-refractivity contribution in [3.8, 4) is 16.9 Å². The number of carbonyl (C=O) groups is 2. The molecule has 38 heavy (non-hydrogen) atoms. The molecule has 2 atom stereocenters. The van der Waals surface area contributed by atoms with Crippen molar-refractivity contribution in [2.75, 3.05) is 24.4 Å². The highest BCUT2D eigenvalue weighted by Crippen LogP contribution is 2.50. The average Bonchev–Trinajstić information content (AvgIpc) is 3.67. The van der Waals surface area contributed by atoms with Gasteiger partial charge >= 0.3 is 0 Å². The van der Waals surface area contributed by atoms with Gasteiger partial charge in [0.25, 0.3) is 5.91 Å². The van der Waals surface area contributed by atoms with Crippen LogP contribution in [0.15, 0.2) is 36.7 Å². The fraction of sp³-hybridized carbons (Fsp3) is 0.444. The SMILES string of the molecule is COc1c(Nc2cc(NC(=O)C3CC3)nnc2C(N)=O)cccc1-c1cnn([C@H]2CC[C@@]23CCCCO3)c1. The molecule has 2 aliphatic carbocycles. The number of primary amides is 1. The number of para-hydroxylation sites is 1. The number of nitrogens with two attached hydrogens (primary N) is 1. The van der Waals surface area contributed by atoms with Gasteiger partial charge in [-0.2, -0.15) is 5.10 Å². The van der Waals surface area contributed by atoms with Crippen molar-refractivity contribution >= 4 is 29.0 Å². The van der Waals surface area contributed by atoms with E-state index in [0.717, 1.165) is 56.3 Å². The number of carbonyl (C=O) groups excluding carboxylic acids is 2. The number of rotatable bonds is 8. The van der Waals surface area contributed by atoms with Crippen LogP contribution in [0, 0.1) is 5.92 Å². The largest absolute Gasteiger partial charge is 0.494 e. The zero-order chi connectivity index (χ0) is 26.3. The van der Waals surface area contributed by atoms with Crippen molar-refractivity contribution in [1.29, 1.82) is 0 Å². The molecule has 2 amide bonds. The topological polar surface area (TPSA) is 146 Å². The Balaban J connectivity index is 1.29. The van der Waals surface area contributed by atoms with E-state index in [1.165, 1.54) is 6.42 Å². The van der Waals surface area contributed by atoms with Crippen molar-refractivity contribution in [2.24, 2.45) is 11.7 Å². The van der Waals surface area contributed by atoms with Crippen LogP contribution < -0.4 is 21.1 Å². The first-order chi connectivity index (χ1) is 18.5. The number of nitrogens with zero attached hydrogens (tertiary/aromatic N) is 4. The second-order valence-corrected chi connectivity index (χ2v) is 10.3. The zero-order valence-electron chi connectivity index (χ0n) is 21.3. The maximum atomic E-state index is 12.2. The molecule has 2 aromatic heterocycles. The first kappa shape index (κ1) is 24.4. The molecule has 1 aliphatic heterocycles. The molecule has 3 aromatic rings. The number of ether oxygens (including phenoxy) is 2. The van der Waals surface area contributed by atoms with E-state index >= 15 is 0 Å². The van der Waals surface area contributed by atoms with Crippen LogP contribution in [0.2, 0.25) is 0 Å². The molecule has 3 fully saturated rings. The van der Waals surface area contributed by atoms with E-state index in [9.17, 15) is 9.59 Å². The van der Waals surface area contributed by atoms with Gasteiger partial charge < -0.3 is 25.8 Å². The standard InChI is InChI=1S/C27H31N7O4/c1-37-24-18(17-14-29-34(15-17)21-9-11-27(21)10-2-3-12-38-27)5-4-6-19(24)30-20-13-22(31-26(36)16-7-8-16)32-33-23(20)25(28)35/h4-6,13-16,21H,2-3,7-12H2,1H3,(H2,28,35)(H2,30,31,32,36)/t21-,27-/m0/s1. The van der Waals surface area contributed by atoms with E-state index in [1.54, 1.807) is 13.2 Å². The first-order valence-electron chi connectivity index (χ1n) is 13.1. The summed E-state index contributed by atoms with van der Waals surface area (Å²) in [5.74, 6) is -0.0391. The normalized spacial score (nSPS) is 22.5. The number of methoxy groups -OCH3 is 1. The number of hydrogen-bond acceptors (Lipinski definition) is 8. The Kier molecular flexibility index (Phi) is 6.22. The lowest BCUT2D eigenvalue weighted by Gasteiger charge is -2.51. The minimum absolute atomic E-state index is 0.00112. The number of anilines is 3. The van der Waals surface area contributed by atoms with Gasteiger partial charge in [0, 0.05) is 35.9 Å². The Morgan fingerprint density at radius 2 is 2.03 bits per heavy atom. The van der Waals surface area contributed by atoms with Crippen LogP contribution in [-0.4, -0.2) is 51.1 Å². The third-order valence-electron chi connectivity index (χ3n) is 7.78. The van der Waals surface area contributed by atoms with E-state index in [-0.39, 0.29) is 35.0 Å². The van der Waals surface area contributed by atoms with Gasteiger partial charge in [-0.3, -0.25) is 14.3 Å². The van der Waals surface area contributed by atoms with Crippen molar-refractivity contribution in [3.05, 3.63) is 42.4 Å². The average molecular weight is 518 g/mol. The highest BCUT2D eigenvalue weighted by Gasteiger charge is 2.50. The Hall–Kier alpha value is -3.99. The third kappa shape index (κ3) is 4.47. The van der Waals surface area contributed by atoms with Crippen LogP contribution in [0.4, 0.5) is 17.2 Å². The summed E-state index contributed by atoms with van der Waals surface area (Å²) in [7, 11) is 1.59. The lowest BCUT2D eigenvalue weighted by Crippen LogP contribution is -2.52. The molecule has 1 saturated heterocycles. The number of benzene rings is 1. The third-order valence-corrected chi connectivity index (χ3v) is 7.78. The number of aromatic nitrogens is 4. The first-order valence-corrected chi connectivity index (χ1v) is 13.1. The molecule has 11 nitrogen and oxygen atoms in total. The maximum Gasteiger partial charge on any atom is 0.271 e. The summed E-state index contributed by atoms with van der Waals surface area (Å²) in [5, 5.41) is 18.6. The van der Waals surface area contributed by atoms with Crippen molar-refractivity contribution in [1.82, 2.24) is 20.0 Å². The van der Waals surface area contributed by atoms with Gasteiger partial charge in [-0.15, -0.1) is 10.2 Å².